The number of carbonyl (C=O) groups excluding carboxylic acids is 2. The first-order valence-corrected chi connectivity index (χ1v) is 7.14. The van der Waals surface area contributed by atoms with E-state index < -0.39 is 12.1 Å². The molecule has 0 radical (unpaired) electrons. The molecule has 3 amide bonds. The average Bonchev–Trinajstić information content (AvgIpc) is 2.46. The van der Waals surface area contributed by atoms with Crippen LogP contribution >= 0.6 is 0 Å². The number of ether oxygens (including phenoxy) is 1. The Hall–Kier alpha value is -2.15. The molecule has 0 unspecified atom stereocenters. The Labute approximate surface area is 131 Å². The monoisotopic (exact) mass is 308 g/mol. The minimum Gasteiger partial charge on any atom is -0.481 e. The van der Waals surface area contributed by atoms with Crippen LogP contribution in [0.5, 0.6) is 5.88 Å². The molecule has 1 aromatic heterocycles. The quantitative estimate of drug-likeness (QED) is 0.823. The summed E-state index contributed by atoms with van der Waals surface area (Å²) in [4.78, 5) is 29.5. The molecule has 0 aromatic carbocycles. The molecule has 7 nitrogen and oxygen atoms in total. The molecule has 7 heteroatoms. The highest BCUT2D eigenvalue weighted by molar-refractivity contribution is 5.96. The third kappa shape index (κ3) is 5.69. The SMILES string of the molecule is COc1ccc(CN(C)[C@H](C)C(=O)NC(=O)NC(C)C)cn1. The van der Waals surface area contributed by atoms with Gasteiger partial charge in [0.15, 0.2) is 0 Å². The van der Waals surface area contributed by atoms with E-state index in [-0.39, 0.29) is 11.9 Å². The first-order valence-electron chi connectivity index (χ1n) is 7.14. The van der Waals surface area contributed by atoms with Crippen molar-refractivity contribution in [1.82, 2.24) is 20.5 Å². The second-order valence-electron chi connectivity index (χ2n) is 5.42. The average molecular weight is 308 g/mol. The Morgan fingerprint density at radius 2 is 2.00 bits per heavy atom. The topological polar surface area (TPSA) is 83.6 Å². The molecule has 122 valence electrons. The van der Waals surface area contributed by atoms with E-state index in [2.05, 4.69) is 15.6 Å². The van der Waals surface area contributed by atoms with Crippen molar-refractivity contribution in [2.75, 3.05) is 14.2 Å². The van der Waals surface area contributed by atoms with Crippen LogP contribution in [0.4, 0.5) is 4.79 Å². The third-order valence-electron chi connectivity index (χ3n) is 3.14. The Balaban J connectivity index is 2.54. The first kappa shape index (κ1) is 17.9. The first-order chi connectivity index (χ1) is 10.3. The highest BCUT2D eigenvalue weighted by atomic mass is 16.5. The molecule has 2 N–H and O–H groups in total. The van der Waals surface area contributed by atoms with Crippen LogP contribution in [0.25, 0.3) is 0 Å². The lowest BCUT2D eigenvalue weighted by molar-refractivity contribution is -0.124. The molecule has 0 fully saturated rings. The highest BCUT2D eigenvalue weighted by Gasteiger charge is 2.20. The number of rotatable bonds is 6. The van der Waals surface area contributed by atoms with Gasteiger partial charge >= 0.3 is 6.03 Å². The van der Waals surface area contributed by atoms with Crippen LogP contribution < -0.4 is 15.4 Å². The number of nitrogens with zero attached hydrogens (tertiary/aromatic N) is 2. The van der Waals surface area contributed by atoms with Gasteiger partial charge in [0.25, 0.3) is 0 Å². The number of likely N-dealkylation sites (N-methyl/N-ethyl adjacent to an activating group) is 1. The van der Waals surface area contributed by atoms with E-state index in [1.165, 1.54) is 0 Å². The van der Waals surface area contributed by atoms with Crippen molar-refractivity contribution < 1.29 is 14.3 Å². The fourth-order valence-electron chi connectivity index (χ4n) is 1.76. The van der Waals surface area contributed by atoms with Gasteiger partial charge in [0.1, 0.15) is 0 Å². The smallest absolute Gasteiger partial charge is 0.321 e. The largest absolute Gasteiger partial charge is 0.481 e. The number of hydrogen-bond donors (Lipinski definition) is 2. The number of methoxy groups -OCH3 is 1. The summed E-state index contributed by atoms with van der Waals surface area (Å²) in [5.74, 6) is 0.199. The Bertz CT molecular complexity index is 502. The number of carbonyl (C=O) groups is 2. The molecule has 0 saturated heterocycles. The second-order valence-corrected chi connectivity index (χ2v) is 5.42. The van der Waals surface area contributed by atoms with Gasteiger partial charge in [-0.2, -0.15) is 0 Å². The maximum atomic E-state index is 12.0. The molecule has 1 aromatic rings. The van der Waals surface area contributed by atoms with E-state index >= 15 is 0 Å². The van der Waals surface area contributed by atoms with Gasteiger partial charge in [0.2, 0.25) is 11.8 Å². The summed E-state index contributed by atoms with van der Waals surface area (Å²) in [6.07, 6.45) is 1.70. The molecule has 0 aliphatic rings. The Kier molecular flexibility index (Phi) is 6.78. The summed E-state index contributed by atoms with van der Waals surface area (Å²) < 4.78 is 5.00. The molecule has 0 spiro atoms. The van der Waals surface area contributed by atoms with Crippen LogP contribution in [-0.2, 0) is 11.3 Å². The molecule has 1 atom stereocenters. The number of pyridine rings is 1. The van der Waals surface area contributed by atoms with Crippen LogP contribution in [-0.4, -0.2) is 48.1 Å². The van der Waals surface area contributed by atoms with Gasteiger partial charge in [-0.1, -0.05) is 6.07 Å². The van der Waals surface area contributed by atoms with Crippen molar-refractivity contribution in [2.24, 2.45) is 0 Å². The normalized spacial score (nSPS) is 12.1. The van der Waals surface area contributed by atoms with Crippen LogP contribution in [0.2, 0.25) is 0 Å². The predicted molar refractivity (Wildman–Crippen MR) is 83.5 cm³/mol. The van der Waals surface area contributed by atoms with Gasteiger partial charge in [0, 0.05) is 24.8 Å². The fraction of sp³-hybridized carbons (Fsp3) is 0.533. The molecule has 0 saturated carbocycles. The number of aromatic nitrogens is 1. The maximum absolute atomic E-state index is 12.0. The zero-order valence-corrected chi connectivity index (χ0v) is 13.7. The number of amides is 3. The molecule has 0 aliphatic heterocycles. The number of hydrogen-bond acceptors (Lipinski definition) is 5. The van der Waals surface area contributed by atoms with Crippen molar-refractivity contribution in [2.45, 2.75) is 39.4 Å². The molecule has 0 bridgehead atoms. The van der Waals surface area contributed by atoms with Crippen LogP contribution in [0.1, 0.15) is 26.3 Å². The zero-order chi connectivity index (χ0) is 16.7. The minimum atomic E-state index is -0.480. The van der Waals surface area contributed by atoms with E-state index in [9.17, 15) is 9.59 Å². The third-order valence-corrected chi connectivity index (χ3v) is 3.14. The molecular formula is C15H24N4O3. The van der Waals surface area contributed by atoms with Gasteiger partial charge in [0.05, 0.1) is 13.2 Å². The summed E-state index contributed by atoms with van der Waals surface area (Å²) >= 11 is 0. The van der Waals surface area contributed by atoms with Crippen molar-refractivity contribution in [3.05, 3.63) is 23.9 Å². The van der Waals surface area contributed by atoms with Crippen LogP contribution in [0.15, 0.2) is 18.3 Å². The lowest BCUT2D eigenvalue weighted by Crippen LogP contribution is -2.49. The highest BCUT2D eigenvalue weighted by Crippen LogP contribution is 2.10. The van der Waals surface area contributed by atoms with E-state index in [4.69, 9.17) is 4.74 Å². The Morgan fingerprint density at radius 1 is 1.32 bits per heavy atom. The van der Waals surface area contributed by atoms with Gasteiger partial charge < -0.3 is 10.1 Å². The number of nitrogens with one attached hydrogen (secondary N) is 2. The van der Waals surface area contributed by atoms with Crippen LogP contribution in [0.3, 0.4) is 0 Å². The summed E-state index contributed by atoms with van der Waals surface area (Å²) in [7, 11) is 3.37. The predicted octanol–water partition coefficient (Wildman–Crippen LogP) is 1.14. The molecule has 0 aliphatic carbocycles. The summed E-state index contributed by atoms with van der Waals surface area (Å²) in [6, 6.07) is 2.71. The van der Waals surface area contributed by atoms with Crippen molar-refractivity contribution in [1.29, 1.82) is 0 Å². The van der Waals surface area contributed by atoms with Crippen LogP contribution in [0, 0.1) is 0 Å². The van der Waals surface area contributed by atoms with Crippen molar-refractivity contribution >= 4 is 11.9 Å². The fourth-order valence-corrected chi connectivity index (χ4v) is 1.76. The number of urea groups is 1. The van der Waals surface area contributed by atoms with Gasteiger partial charge in [-0.15, -0.1) is 0 Å². The standard InChI is InChI=1S/C15H24N4O3/c1-10(2)17-15(21)18-14(20)11(3)19(4)9-12-6-7-13(22-5)16-8-12/h6-8,10-11H,9H2,1-5H3,(H2,17,18,20,21)/t11-/m1/s1. The van der Waals surface area contributed by atoms with E-state index in [0.29, 0.717) is 12.4 Å². The zero-order valence-electron chi connectivity index (χ0n) is 13.7. The van der Waals surface area contributed by atoms with Gasteiger partial charge in [-0.3, -0.25) is 15.0 Å². The summed E-state index contributed by atoms with van der Waals surface area (Å²) in [5.41, 5.74) is 0.953. The Morgan fingerprint density at radius 3 is 2.50 bits per heavy atom. The lowest BCUT2D eigenvalue weighted by Gasteiger charge is -2.23. The molecule has 22 heavy (non-hydrogen) atoms. The van der Waals surface area contributed by atoms with Crippen molar-refractivity contribution in [3.8, 4) is 5.88 Å². The lowest BCUT2D eigenvalue weighted by atomic mass is 10.2. The van der Waals surface area contributed by atoms with Crippen molar-refractivity contribution in [3.63, 3.8) is 0 Å². The van der Waals surface area contributed by atoms with Gasteiger partial charge in [-0.25, -0.2) is 9.78 Å². The summed E-state index contributed by atoms with van der Waals surface area (Å²) in [6.45, 7) is 5.94. The second kappa shape index (κ2) is 8.33. The molecule has 1 heterocycles. The van der Waals surface area contributed by atoms with Gasteiger partial charge in [-0.05, 0) is 33.4 Å². The van der Waals surface area contributed by atoms with E-state index in [1.807, 2.05) is 31.9 Å². The van der Waals surface area contributed by atoms with E-state index in [0.717, 1.165) is 5.56 Å². The minimum absolute atomic E-state index is 0.0220. The van der Waals surface area contributed by atoms with E-state index in [1.54, 1.807) is 26.3 Å². The number of imide groups is 1. The maximum Gasteiger partial charge on any atom is 0.321 e. The molecular weight excluding hydrogens is 284 g/mol. The summed E-state index contributed by atoms with van der Waals surface area (Å²) in [5, 5.41) is 4.95. The molecule has 1 rings (SSSR count).